The van der Waals surface area contributed by atoms with Crippen molar-refractivity contribution >= 4 is 16.8 Å². The van der Waals surface area contributed by atoms with Crippen LogP contribution in [0.25, 0.3) is 11.0 Å². The number of carbonyl (C=O) groups is 1. The van der Waals surface area contributed by atoms with E-state index in [2.05, 4.69) is 18.7 Å². The number of para-hydroxylation sites is 1. The van der Waals surface area contributed by atoms with Crippen molar-refractivity contribution < 1.29 is 9.21 Å². The first kappa shape index (κ1) is 12.4. The molecule has 0 unspecified atom stereocenters. The highest BCUT2D eigenvalue weighted by Gasteiger charge is 2.33. The highest BCUT2D eigenvalue weighted by Crippen LogP contribution is 2.28. The zero-order chi connectivity index (χ0) is 13.5. The Morgan fingerprint density at radius 2 is 2.16 bits per heavy atom. The van der Waals surface area contributed by atoms with Gasteiger partial charge in [0.15, 0.2) is 5.76 Å². The van der Waals surface area contributed by atoms with Crippen LogP contribution < -0.4 is 0 Å². The molecule has 0 radical (unpaired) electrons. The molecule has 3 nitrogen and oxygen atoms in total. The molecule has 0 aliphatic carbocycles. The van der Waals surface area contributed by atoms with Crippen LogP contribution in [-0.4, -0.2) is 29.3 Å². The Hall–Kier alpha value is -1.61. The molecule has 0 amide bonds. The molecule has 0 saturated carbocycles. The highest BCUT2D eigenvalue weighted by molar-refractivity contribution is 5.98. The minimum absolute atomic E-state index is 0.0752. The zero-order valence-electron chi connectivity index (χ0n) is 11.5. The van der Waals surface area contributed by atoms with Crippen LogP contribution in [0.4, 0.5) is 0 Å². The summed E-state index contributed by atoms with van der Waals surface area (Å²) in [4.78, 5) is 14.6. The molecule has 1 aliphatic rings. The standard InChI is InChI=1S/C16H19NO2/c1-16(2)8-5-9-17(16)11-13(18)15-10-12-6-3-4-7-14(12)19-15/h3-4,6-7,10H,5,8-9,11H2,1-2H3. The van der Waals surface area contributed by atoms with Crippen molar-refractivity contribution in [2.75, 3.05) is 13.1 Å². The van der Waals surface area contributed by atoms with Crippen molar-refractivity contribution in [3.8, 4) is 0 Å². The van der Waals surface area contributed by atoms with Gasteiger partial charge in [0.1, 0.15) is 5.58 Å². The van der Waals surface area contributed by atoms with Crippen molar-refractivity contribution in [1.29, 1.82) is 0 Å². The van der Waals surface area contributed by atoms with E-state index in [0.29, 0.717) is 12.3 Å². The van der Waals surface area contributed by atoms with E-state index in [0.717, 1.165) is 23.9 Å². The van der Waals surface area contributed by atoms with Crippen LogP contribution in [0.3, 0.4) is 0 Å². The summed E-state index contributed by atoms with van der Waals surface area (Å²) in [7, 11) is 0. The lowest BCUT2D eigenvalue weighted by atomic mass is 10.0. The first-order chi connectivity index (χ1) is 9.06. The number of benzene rings is 1. The first-order valence-corrected chi connectivity index (χ1v) is 6.83. The molecule has 3 rings (SSSR count). The molecule has 3 heteroatoms. The van der Waals surface area contributed by atoms with Gasteiger partial charge in [-0.15, -0.1) is 0 Å². The third-order valence-corrected chi connectivity index (χ3v) is 4.11. The SMILES string of the molecule is CC1(C)CCCN1CC(=O)c1cc2ccccc2o1. The fourth-order valence-electron chi connectivity index (χ4n) is 2.83. The second-order valence-electron chi connectivity index (χ2n) is 5.91. The predicted octanol–water partition coefficient (Wildman–Crippen LogP) is 3.49. The maximum atomic E-state index is 12.3. The van der Waals surface area contributed by atoms with Crippen LogP contribution in [0.15, 0.2) is 34.7 Å². The molecule has 1 aromatic carbocycles. The second-order valence-corrected chi connectivity index (χ2v) is 5.91. The van der Waals surface area contributed by atoms with Gasteiger partial charge in [-0.2, -0.15) is 0 Å². The van der Waals surface area contributed by atoms with Crippen molar-refractivity contribution in [3.63, 3.8) is 0 Å². The monoisotopic (exact) mass is 257 g/mol. The average Bonchev–Trinajstić information content (AvgIpc) is 2.93. The molecule has 0 N–H and O–H groups in total. The van der Waals surface area contributed by atoms with Gasteiger partial charge in [0.2, 0.25) is 5.78 Å². The fourth-order valence-corrected chi connectivity index (χ4v) is 2.83. The van der Waals surface area contributed by atoms with E-state index in [4.69, 9.17) is 4.42 Å². The molecule has 19 heavy (non-hydrogen) atoms. The van der Waals surface area contributed by atoms with E-state index in [1.165, 1.54) is 6.42 Å². The quantitative estimate of drug-likeness (QED) is 0.789. The molecule has 1 aromatic heterocycles. The Kier molecular flexibility index (Phi) is 2.94. The van der Waals surface area contributed by atoms with E-state index < -0.39 is 0 Å². The molecule has 0 spiro atoms. The van der Waals surface area contributed by atoms with Gasteiger partial charge in [0, 0.05) is 10.9 Å². The summed E-state index contributed by atoms with van der Waals surface area (Å²) in [6.07, 6.45) is 2.32. The van der Waals surface area contributed by atoms with Crippen LogP contribution in [-0.2, 0) is 0 Å². The normalized spacial score (nSPS) is 19.1. The second kappa shape index (κ2) is 4.49. The fraction of sp³-hybridized carbons (Fsp3) is 0.438. The van der Waals surface area contributed by atoms with Gasteiger partial charge in [-0.05, 0) is 45.4 Å². The molecule has 2 heterocycles. The van der Waals surface area contributed by atoms with E-state index >= 15 is 0 Å². The lowest BCUT2D eigenvalue weighted by Gasteiger charge is -2.30. The summed E-state index contributed by atoms with van der Waals surface area (Å²) in [5.41, 5.74) is 0.910. The lowest BCUT2D eigenvalue weighted by Crippen LogP contribution is -2.41. The molecule has 0 atom stereocenters. The summed E-state index contributed by atoms with van der Waals surface area (Å²) in [6, 6.07) is 9.58. The van der Waals surface area contributed by atoms with E-state index in [9.17, 15) is 4.79 Å². The zero-order valence-corrected chi connectivity index (χ0v) is 11.5. The van der Waals surface area contributed by atoms with Crippen molar-refractivity contribution in [3.05, 3.63) is 36.1 Å². The molecule has 100 valence electrons. The molecular formula is C16H19NO2. The van der Waals surface area contributed by atoms with Crippen molar-refractivity contribution in [2.45, 2.75) is 32.2 Å². The van der Waals surface area contributed by atoms with Crippen LogP contribution in [0.1, 0.15) is 37.2 Å². The van der Waals surface area contributed by atoms with Crippen molar-refractivity contribution in [1.82, 2.24) is 4.90 Å². The Morgan fingerprint density at radius 3 is 2.84 bits per heavy atom. The Morgan fingerprint density at radius 1 is 1.37 bits per heavy atom. The number of fused-ring (bicyclic) bond motifs is 1. The minimum atomic E-state index is 0.0752. The number of furan rings is 1. The molecule has 1 saturated heterocycles. The van der Waals surface area contributed by atoms with Gasteiger partial charge >= 0.3 is 0 Å². The number of hydrogen-bond donors (Lipinski definition) is 0. The van der Waals surface area contributed by atoms with Gasteiger partial charge in [-0.1, -0.05) is 18.2 Å². The topological polar surface area (TPSA) is 33.5 Å². The highest BCUT2D eigenvalue weighted by atomic mass is 16.3. The largest absolute Gasteiger partial charge is 0.453 e. The van der Waals surface area contributed by atoms with Gasteiger partial charge < -0.3 is 4.42 Å². The van der Waals surface area contributed by atoms with E-state index in [1.54, 1.807) is 0 Å². The maximum absolute atomic E-state index is 12.3. The van der Waals surface area contributed by atoms with Crippen LogP contribution in [0.2, 0.25) is 0 Å². The Labute approximate surface area is 113 Å². The van der Waals surface area contributed by atoms with Gasteiger partial charge in [0.05, 0.1) is 6.54 Å². The molecule has 1 fully saturated rings. The van der Waals surface area contributed by atoms with Gasteiger partial charge in [-0.25, -0.2) is 0 Å². The van der Waals surface area contributed by atoms with Gasteiger partial charge in [-0.3, -0.25) is 9.69 Å². The summed E-state index contributed by atoms with van der Waals surface area (Å²) >= 11 is 0. The predicted molar refractivity (Wildman–Crippen MR) is 75.4 cm³/mol. The van der Waals surface area contributed by atoms with Crippen LogP contribution in [0, 0.1) is 0 Å². The number of Topliss-reactive ketones (excluding diaryl/α,β-unsaturated/α-hetero) is 1. The number of hydrogen-bond acceptors (Lipinski definition) is 3. The number of likely N-dealkylation sites (tertiary alicyclic amines) is 1. The Bertz CT molecular complexity index is 579. The number of ketones is 1. The molecular weight excluding hydrogens is 238 g/mol. The minimum Gasteiger partial charge on any atom is -0.453 e. The third-order valence-electron chi connectivity index (χ3n) is 4.11. The molecule has 2 aromatic rings. The van der Waals surface area contributed by atoms with Gasteiger partial charge in [0.25, 0.3) is 0 Å². The summed E-state index contributed by atoms with van der Waals surface area (Å²) in [5.74, 6) is 0.551. The van der Waals surface area contributed by atoms with Crippen LogP contribution in [0.5, 0.6) is 0 Å². The van der Waals surface area contributed by atoms with Crippen LogP contribution >= 0.6 is 0 Å². The average molecular weight is 257 g/mol. The molecule has 0 bridgehead atoms. The number of nitrogens with zero attached hydrogens (tertiary/aromatic N) is 1. The molecule has 1 aliphatic heterocycles. The third kappa shape index (κ3) is 2.30. The lowest BCUT2D eigenvalue weighted by molar-refractivity contribution is 0.0846. The smallest absolute Gasteiger partial charge is 0.211 e. The van der Waals surface area contributed by atoms with E-state index in [1.807, 2.05) is 30.3 Å². The Balaban J connectivity index is 1.80. The maximum Gasteiger partial charge on any atom is 0.211 e. The van der Waals surface area contributed by atoms with Crippen molar-refractivity contribution in [2.24, 2.45) is 0 Å². The van der Waals surface area contributed by atoms with E-state index in [-0.39, 0.29) is 11.3 Å². The summed E-state index contributed by atoms with van der Waals surface area (Å²) in [5, 5.41) is 0.992. The summed E-state index contributed by atoms with van der Waals surface area (Å²) < 4.78 is 5.63. The summed E-state index contributed by atoms with van der Waals surface area (Å²) in [6.45, 7) is 5.85. The number of rotatable bonds is 3. The first-order valence-electron chi connectivity index (χ1n) is 6.83. The number of carbonyl (C=O) groups excluding carboxylic acids is 1.